The molecule has 3 nitrogen and oxygen atoms in total. The molecule has 0 unspecified atom stereocenters. The number of nitrogens with zero attached hydrogens (tertiary/aromatic N) is 1. The molecule has 1 aromatic rings. The number of amides is 1. The topological polar surface area (TPSA) is 42.0 Å². The molecule has 0 spiro atoms. The molecule has 1 rings (SSSR count). The third-order valence-electron chi connectivity index (χ3n) is 1.95. The Balaban J connectivity index is 3.07. The van der Waals surface area contributed by atoms with Crippen molar-refractivity contribution in [1.29, 1.82) is 0 Å². The monoisotopic (exact) mass is 212 g/mol. The maximum absolute atomic E-state index is 11.4. The Kier molecular flexibility index (Phi) is 3.89. The molecule has 4 heteroatoms. The Bertz CT molecular complexity index is 339. The minimum absolute atomic E-state index is 0.113. The number of rotatable bonds is 3. The molecule has 0 radical (unpaired) electrons. The van der Waals surface area contributed by atoms with Crippen molar-refractivity contribution < 1.29 is 4.79 Å². The van der Waals surface area contributed by atoms with E-state index in [9.17, 15) is 4.79 Å². The van der Waals surface area contributed by atoms with E-state index in [4.69, 9.17) is 11.6 Å². The third kappa shape index (κ3) is 2.45. The lowest BCUT2D eigenvalue weighted by Crippen LogP contribution is -2.19. The van der Waals surface area contributed by atoms with Crippen molar-refractivity contribution in [3.8, 4) is 0 Å². The molecule has 0 atom stereocenters. The van der Waals surface area contributed by atoms with Crippen molar-refractivity contribution in [2.75, 3.05) is 7.05 Å². The van der Waals surface area contributed by atoms with Crippen LogP contribution in [0.2, 0.25) is 5.15 Å². The minimum Gasteiger partial charge on any atom is -0.355 e. The number of hydrogen-bond donors (Lipinski definition) is 1. The number of pyridine rings is 1. The van der Waals surface area contributed by atoms with Gasteiger partial charge in [0.05, 0.1) is 5.56 Å². The summed E-state index contributed by atoms with van der Waals surface area (Å²) < 4.78 is 0. The fraction of sp³-hybridized carbons (Fsp3) is 0.400. The Morgan fingerprint density at radius 1 is 1.64 bits per heavy atom. The number of nitrogens with one attached hydrogen (secondary N) is 1. The normalized spacial score (nSPS) is 9.93. The third-order valence-corrected chi connectivity index (χ3v) is 2.15. The van der Waals surface area contributed by atoms with Crippen LogP contribution in [0.1, 0.15) is 29.3 Å². The molecular weight excluding hydrogens is 200 g/mol. The van der Waals surface area contributed by atoms with Crippen molar-refractivity contribution in [2.45, 2.75) is 19.8 Å². The van der Waals surface area contributed by atoms with Crippen LogP contribution >= 0.6 is 11.6 Å². The summed E-state index contributed by atoms with van der Waals surface area (Å²) >= 11 is 5.76. The van der Waals surface area contributed by atoms with E-state index in [2.05, 4.69) is 17.2 Å². The summed E-state index contributed by atoms with van der Waals surface area (Å²) in [5.41, 5.74) is 1.56. The van der Waals surface area contributed by atoms with Crippen LogP contribution in [0.4, 0.5) is 0 Å². The zero-order valence-corrected chi connectivity index (χ0v) is 9.06. The predicted octanol–water partition coefficient (Wildman–Crippen LogP) is 2.05. The van der Waals surface area contributed by atoms with Gasteiger partial charge in [-0.2, -0.15) is 0 Å². The maximum atomic E-state index is 11.4. The van der Waals surface area contributed by atoms with E-state index in [0.717, 1.165) is 18.4 Å². The Labute approximate surface area is 88.5 Å². The van der Waals surface area contributed by atoms with Crippen LogP contribution in [0.25, 0.3) is 0 Å². The maximum Gasteiger partial charge on any atom is 0.252 e. The molecule has 0 aliphatic heterocycles. The zero-order valence-electron chi connectivity index (χ0n) is 8.30. The summed E-state index contributed by atoms with van der Waals surface area (Å²) in [6.45, 7) is 2.06. The van der Waals surface area contributed by atoms with Crippen molar-refractivity contribution in [3.63, 3.8) is 0 Å². The van der Waals surface area contributed by atoms with Gasteiger partial charge in [-0.25, -0.2) is 4.98 Å². The molecular formula is C10H13ClN2O. The summed E-state index contributed by atoms with van der Waals surface area (Å²) in [6.07, 6.45) is 3.33. The summed E-state index contributed by atoms with van der Waals surface area (Å²) in [4.78, 5) is 15.3. The second kappa shape index (κ2) is 4.96. The lowest BCUT2D eigenvalue weighted by Gasteiger charge is -2.06. The van der Waals surface area contributed by atoms with Crippen LogP contribution in [0.5, 0.6) is 0 Å². The van der Waals surface area contributed by atoms with Crippen molar-refractivity contribution in [2.24, 2.45) is 0 Å². The Morgan fingerprint density at radius 2 is 2.36 bits per heavy atom. The van der Waals surface area contributed by atoms with Gasteiger partial charge in [-0.15, -0.1) is 0 Å². The number of halogens is 1. The lowest BCUT2D eigenvalue weighted by atomic mass is 10.1. The number of carbonyl (C=O) groups is 1. The molecule has 1 aromatic heterocycles. The van der Waals surface area contributed by atoms with Gasteiger partial charge < -0.3 is 5.32 Å². The first-order valence-corrected chi connectivity index (χ1v) is 4.93. The molecule has 1 heterocycles. The second-order valence-electron chi connectivity index (χ2n) is 2.99. The van der Waals surface area contributed by atoms with Gasteiger partial charge in [0.15, 0.2) is 0 Å². The van der Waals surface area contributed by atoms with E-state index < -0.39 is 0 Å². The molecule has 0 bridgehead atoms. The Morgan fingerprint density at radius 3 is 2.93 bits per heavy atom. The van der Waals surface area contributed by atoms with Gasteiger partial charge in [-0.1, -0.05) is 24.9 Å². The van der Waals surface area contributed by atoms with E-state index in [-0.39, 0.29) is 5.91 Å². The quantitative estimate of drug-likeness (QED) is 0.780. The molecule has 14 heavy (non-hydrogen) atoms. The van der Waals surface area contributed by atoms with E-state index in [1.807, 2.05) is 0 Å². The van der Waals surface area contributed by atoms with Crippen molar-refractivity contribution >= 4 is 17.5 Å². The Hall–Kier alpha value is -1.09. The average molecular weight is 213 g/mol. The molecule has 0 saturated carbocycles. The highest BCUT2D eigenvalue weighted by Gasteiger charge is 2.10. The van der Waals surface area contributed by atoms with Gasteiger partial charge in [-0.3, -0.25) is 4.79 Å². The first kappa shape index (κ1) is 11.0. The first-order chi connectivity index (χ1) is 6.69. The summed E-state index contributed by atoms with van der Waals surface area (Å²) in [6, 6.07) is 1.75. The molecule has 0 aliphatic carbocycles. The number of aryl methyl sites for hydroxylation is 1. The van der Waals surface area contributed by atoms with Crippen molar-refractivity contribution in [3.05, 3.63) is 28.5 Å². The number of hydrogen-bond acceptors (Lipinski definition) is 2. The molecule has 1 amide bonds. The van der Waals surface area contributed by atoms with Gasteiger partial charge in [0.2, 0.25) is 0 Å². The van der Waals surface area contributed by atoms with Gasteiger partial charge in [0, 0.05) is 13.2 Å². The molecule has 76 valence electrons. The highest BCUT2D eigenvalue weighted by molar-refractivity contribution is 6.29. The summed E-state index contributed by atoms with van der Waals surface area (Å²) in [7, 11) is 1.60. The largest absolute Gasteiger partial charge is 0.355 e. The highest BCUT2D eigenvalue weighted by Crippen LogP contribution is 2.14. The fourth-order valence-corrected chi connectivity index (χ4v) is 1.46. The van der Waals surface area contributed by atoms with Crippen LogP contribution < -0.4 is 5.32 Å². The van der Waals surface area contributed by atoms with E-state index in [1.165, 1.54) is 6.20 Å². The smallest absolute Gasteiger partial charge is 0.252 e. The van der Waals surface area contributed by atoms with Crippen LogP contribution in [0.3, 0.4) is 0 Å². The van der Waals surface area contributed by atoms with Gasteiger partial charge in [0.25, 0.3) is 5.91 Å². The van der Waals surface area contributed by atoms with Gasteiger partial charge >= 0.3 is 0 Å². The van der Waals surface area contributed by atoms with E-state index in [0.29, 0.717) is 10.7 Å². The molecule has 0 saturated heterocycles. The summed E-state index contributed by atoms with van der Waals surface area (Å²) in [5, 5.41) is 3.01. The average Bonchev–Trinajstić information content (AvgIpc) is 2.17. The molecule has 0 aromatic carbocycles. The SMILES string of the molecule is CCCc1cc(Cl)ncc1C(=O)NC. The van der Waals surface area contributed by atoms with Crippen LogP contribution in [-0.2, 0) is 6.42 Å². The van der Waals surface area contributed by atoms with Gasteiger partial charge in [0.1, 0.15) is 5.15 Å². The zero-order chi connectivity index (χ0) is 10.6. The number of aromatic nitrogens is 1. The summed E-state index contributed by atoms with van der Waals surface area (Å²) in [5.74, 6) is -0.113. The minimum atomic E-state index is -0.113. The first-order valence-electron chi connectivity index (χ1n) is 4.55. The van der Waals surface area contributed by atoms with Crippen LogP contribution in [-0.4, -0.2) is 17.9 Å². The van der Waals surface area contributed by atoms with Crippen LogP contribution in [0, 0.1) is 0 Å². The molecule has 1 N–H and O–H groups in total. The standard InChI is InChI=1S/C10H13ClN2O/c1-3-4-7-5-9(11)13-6-8(7)10(14)12-2/h5-6H,3-4H2,1-2H3,(H,12,14). The van der Waals surface area contributed by atoms with Gasteiger partial charge in [-0.05, 0) is 18.1 Å². The fourth-order valence-electron chi connectivity index (χ4n) is 1.28. The number of carbonyl (C=O) groups excluding carboxylic acids is 1. The second-order valence-corrected chi connectivity index (χ2v) is 3.38. The van der Waals surface area contributed by atoms with Crippen LogP contribution in [0.15, 0.2) is 12.3 Å². The van der Waals surface area contributed by atoms with Crippen molar-refractivity contribution in [1.82, 2.24) is 10.3 Å². The van der Waals surface area contributed by atoms with E-state index in [1.54, 1.807) is 13.1 Å². The lowest BCUT2D eigenvalue weighted by molar-refractivity contribution is 0.0962. The molecule has 0 fully saturated rings. The highest BCUT2D eigenvalue weighted by atomic mass is 35.5. The van der Waals surface area contributed by atoms with E-state index >= 15 is 0 Å². The molecule has 0 aliphatic rings. The predicted molar refractivity (Wildman–Crippen MR) is 56.6 cm³/mol.